The Balaban J connectivity index is 1.50. The lowest BCUT2D eigenvalue weighted by atomic mass is 9.87. The third kappa shape index (κ3) is 4.23. The highest BCUT2D eigenvalue weighted by Gasteiger charge is 2.32. The highest BCUT2D eigenvalue weighted by molar-refractivity contribution is 5.97. The third-order valence-electron chi connectivity index (χ3n) is 5.13. The first-order valence-corrected chi connectivity index (χ1v) is 10.4. The lowest BCUT2D eigenvalue weighted by Gasteiger charge is -2.27. The normalized spacial score (nSPS) is 12.1. The Morgan fingerprint density at radius 2 is 1.56 bits per heavy atom. The topological polar surface area (TPSA) is 85.9 Å². The summed E-state index contributed by atoms with van der Waals surface area (Å²) < 4.78 is 16.9. The molecule has 2 amide bonds. The Labute approximate surface area is 186 Å². The molecule has 1 aliphatic heterocycles. The van der Waals surface area contributed by atoms with Gasteiger partial charge in [-0.05, 0) is 36.8 Å². The molecule has 0 radical (unpaired) electrons. The number of benzene rings is 3. The number of hydrogen-bond donors (Lipinski definition) is 2. The van der Waals surface area contributed by atoms with E-state index in [9.17, 15) is 9.59 Å². The van der Waals surface area contributed by atoms with E-state index in [1.165, 1.54) is 7.11 Å². The zero-order valence-electron chi connectivity index (χ0n) is 17.9. The van der Waals surface area contributed by atoms with Crippen LogP contribution in [0.4, 0.5) is 0 Å². The number of para-hydroxylation sites is 2. The molecule has 0 fully saturated rings. The van der Waals surface area contributed by atoms with Crippen LogP contribution in [0.2, 0.25) is 0 Å². The van der Waals surface area contributed by atoms with Gasteiger partial charge in [0.15, 0.2) is 11.5 Å². The number of ether oxygens (including phenoxy) is 3. The smallest absolute Gasteiger partial charge is 0.269 e. The lowest BCUT2D eigenvalue weighted by Crippen LogP contribution is -2.44. The average Bonchev–Trinajstić information content (AvgIpc) is 2.84. The lowest BCUT2D eigenvalue weighted by molar-refractivity contribution is -0.122. The van der Waals surface area contributed by atoms with Crippen LogP contribution in [0.3, 0.4) is 0 Å². The second kappa shape index (κ2) is 9.43. The molecule has 164 valence electrons. The van der Waals surface area contributed by atoms with Crippen LogP contribution in [0.15, 0.2) is 66.7 Å². The number of hydrazine groups is 1. The summed E-state index contributed by atoms with van der Waals surface area (Å²) >= 11 is 0. The summed E-state index contributed by atoms with van der Waals surface area (Å²) in [6.45, 7) is 2.55. The summed E-state index contributed by atoms with van der Waals surface area (Å²) in [6, 6.07) is 19.6. The summed E-state index contributed by atoms with van der Waals surface area (Å²) in [5, 5.41) is 0. The van der Waals surface area contributed by atoms with Crippen LogP contribution in [-0.2, 0) is 4.79 Å². The molecule has 0 spiro atoms. The highest BCUT2D eigenvalue weighted by atomic mass is 16.5. The molecule has 0 saturated carbocycles. The molecule has 3 aromatic rings. The van der Waals surface area contributed by atoms with Crippen LogP contribution >= 0.6 is 0 Å². The number of amides is 2. The van der Waals surface area contributed by atoms with E-state index in [1.807, 2.05) is 55.5 Å². The zero-order valence-corrected chi connectivity index (χ0v) is 17.9. The predicted molar refractivity (Wildman–Crippen MR) is 119 cm³/mol. The van der Waals surface area contributed by atoms with Crippen molar-refractivity contribution in [2.75, 3.05) is 13.7 Å². The number of fused-ring (bicyclic) bond motifs is 2. The molecule has 0 atom stereocenters. The minimum absolute atomic E-state index is 0.332. The molecule has 1 aliphatic rings. The van der Waals surface area contributed by atoms with E-state index in [0.29, 0.717) is 35.2 Å². The summed E-state index contributed by atoms with van der Waals surface area (Å²) in [5.41, 5.74) is 6.85. The fourth-order valence-corrected chi connectivity index (χ4v) is 3.60. The predicted octanol–water partition coefficient (Wildman–Crippen LogP) is 4.18. The summed E-state index contributed by atoms with van der Waals surface area (Å²) in [5.74, 6) is 0.796. The molecule has 0 bridgehead atoms. The molecule has 0 saturated heterocycles. The second-order valence-electron chi connectivity index (χ2n) is 7.27. The van der Waals surface area contributed by atoms with Crippen LogP contribution in [0.1, 0.15) is 40.7 Å². The van der Waals surface area contributed by atoms with Crippen molar-refractivity contribution in [2.24, 2.45) is 0 Å². The van der Waals surface area contributed by atoms with E-state index >= 15 is 0 Å². The van der Waals surface area contributed by atoms with Gasteiger partial charge in [-0.3, -0.25) is 20.4 Å². The average molecular weight is 432 g/mol. The highest BCUT2D eigenvalue weighted by Crippen LogP contribution is 2.43. The largest absolute Gasteiger partial charge is 0.493 e. The Kier molecular flexibility index (Phi) is 6.26. The SMILES string of the molecule is CCCOc1ccc(C(=O)NNC(=O)C2c3ccccc3Oc3ccccc32)cc1OC. The molecular weight excluding hydrogens is 408 g/mol. The summed E-state index contributed by atoms with van der Waals surface area (Å²) in [6.07, 6.45) is 0.857. The van der Waals surface area contributed by atoms with E-state index < -0.39 is 11.8 Å². The minimum atomic E-state index is -0.615. The fourth-order valence-electron chi connectivity index (χ4n) is 3.60. The van der Waals surface area contributed by atoms with Crippen molar-refractivity contribution < 1.29 is 23.8 Å². The van der Waals surface area contributed by atoms with Crippen molar-refractivity contribution in [1.82, 2.24) is 10.9 Å². The van der Waals surface area contributed by atoms with E-state index in [0.717, 1.165) is 17.5 Å². The molecule has 0 unspecified atom stereocenters. The van der Waals surface area contributed by atoms with Gasteiger partial charge < -0.3 is 14.2 Å². The maximum atomic E-state index is 13.1. The fraction of sp³-hybridized carbons (Fsp3) is 0.200. The van der Waals surface area contributed by atoms with E-state index in [4.69, 9.17) is 14.2 Å². The molecular formula is C25H24N2O5. The summed E-state index contributed by atoms with van der Waals surface area (Å²) in [7, 11) is 1.51. The van der Waals surface area contributed by atoms with Gasteiger partial charge in [0, 0.05) is 16.7 Å². The standard InChI is InChI=1S/C25H24N2O5/c1-3-14-31-21-13-12-16(15-22(21)30-2)24(28)26-27-25(29)23-17-8-4-6-10-19(17)32-20-11-7-5-9-18(20)23/h4-13,15,23H,3,14H2,1-2H3,(H,26,28)(H,27,29). The third-order valence-corrected chi connectivity index (χ3v) is 5.13. The van der Waals surface area contributed by atoms with Gasteiger partial charge in [-0.25, -0.2) is 0 Å². The Hall–Kier alpha value is -4.00. The molecule has 0 aliphatic carbocycles. The van der Waals surface area contributed by atoms with Gasteiger partial charge in [-0.1, -0.05) is 43.3 Å². The van der Waals surface area contributed by atoms with Gasteiger partial charge in [0.2, 0.25) is 0 Å². The molecule has 3 aromatic carbocycles. The van der Waals surface area contributed by atoms with Crippen LogP contribution in [0, 0.1) is 0 Å². The molecule has 4 rings (SSSR count). The Morgan fingerprint density at radius 3 is 2.19 bits per heavy atom. The Bertz CT molecular complexity index is 1100. The minimum Gasteiger partial charge on any atom is -0.493 e. The molecule has 32 heavy (non-hydrogen) atoms. The molecule has 1 heterocycles. The molecule has 0 aromatic heterocycles. The quantitative estimate of drug-likeness (QED) is 0.571. The van der Waals surface area contributed by atoms with Gasteiger partial charge in [0.25, 0.3) is 11.8 Å². The van der Waals surface area contributed by atoms with Gasteiger partial charge >= 0.3 is 0 Å². The monoisotopic (exact) mass is 432 g/mol. The van der Waals surface area contributed by atoms with Crippen molar-refractivity contribution in [3.05, 3.63) is 83.4 Å². The number of carbonyl (C=O) groups excluding carboxylic acids is 2. The summed E-state index contributed by atoms with van der Waals surface area (Å²) in [4.78, 5) is 25.8. The van der Waals surface area contributed by atoms with Crippen LogP contribution in [0.25, 0.3) is 0 Å². The Morgan fingerprint density at radius 1 is 0.906 bits per heavy atom. The van der Waals surface area contributed by atoms with Crippen molar-refractivity contribution in [3.8, 4) is 23.0 Å². The second-order valence-corrected chi connectivity index (χ2v) is 7.27. The van der Waals surface area contributed by atoms with E-state index in [1.54, 1.807) is 18.2 Å². The van der Waals surface area contributed by atoms with E-state index in [-0.39, 0.29) is 5.91 Å². The van der Waals surface area contributed by atoms with Gasteiger partial charge in [-0.2, -0.15) is 0 Å². The first-order valence-electron chi connectivity index (χ1n) is 10.4. The molecule has 7 heteroatoms. The first kappa shape index (κ1) is 21.2. The van der Waals surface area contributed by atoms with Crippen molar-refractivity contribution in [1.29, 1.82) is 0 Å². The number of rotatable bonds is 6. The maximum absolute atomic E-state index is 13.1. The molecule has 2 N–H and O–H groups in total. The molecule has 7 nitrogen and oxygen atoms in total. The van der Waals surface area contributed by atoms with Gasteiger partial charge in [0.1, 0.15) is 11.5 Å². The van der Waals surface area contributed by atoms with Crippen molar-refractivity contribution >= 4 is 11.8 Å². The zero-order chi connectivity index (χ0) is 22.5. The van der Waals surface area contributed by atoms with Crippen LogP contribution in [-0.4, -0.2) is 25.5 Å². The van der Waals surface area contributed by atoms with Crippen molar-refractivity contribution in [2.45, 2.75) is 19.3 Å². The van der Waals surface area contributed by atoms with Gasteiger partial charge in [-0.15, -0.1) is 0 Å². The van der Waals surface area contributed by atoms with Crippen LogP contribution < -0.4 is 25.1 Å². The number of carbonyl (C=O) groups is 2. The number of nitrogens with one attached hydrogen (secondary N) is 2. The van der Waals surface area contributed by atoms with Crippen molar-refractivity contribution in [3.63, 3.8) is 0 Å². The number of hydrogen-bond acceptors (Lipinski definition) is 5. The number of methoxy groups -OCH3 is 1. The first-order chi connectivity index (χ1) is 15.6. The maximum Gasteiger partial charge on any atom is 0.269 e. The van der Waals surface area contributed by atoms with E-state index in [2.05, 4.69) is 10.9 Å². The van der Waals surface area contributed by atoms with Crippen LogP contribution in [0.5, 0.6) is 23.0 Å². The van der Waals surface area contributed by atoms with Gasteiger partial charge in [0.05, 0.1) is 19.6 Å².